The quantitative estimate of drug-likeness (QED) is 0.817. The standard InChI is InChI=1S/C17H24FNO/c1-16(2,3)13-6-7-14-12(10-13)11-15(20)19(14)9-8-17(4,5)18/h6-7,10H,8-9,11H2,1-5H3. The topological polar surface area (TPSA) is 20.3 Å². The van der Waals surface area contributed by atoms with Gasteiger partial charge in [0.15, 0.2) is 0 Å². The summed E-state index contributed by atoms with van der Waals surface area (Å²) < 4.78 is 13.6. The van der Waals surface area contributed by atoms with E-state index in [4.69, 9.17) is 0 Å². The summed E-state index contributed by atoms with van der Waals surface area (Å²) in [6.45, 7) is 10.0. The average molecular weight is 277 g/mol. The van der Waals surface area contributed by atoms with E-state index in [1.54, 1.807) is 18.7 Å². The van der Waals surface area contributed by atoms with Crippen LogP contribution in [0, 0.1) is 0 Å². The fourth-order valence-electron chi connectivity index (χ4n) is 2.47. The van der Waals surface area contributed by atoms with Crippen LogP contribution in [-0.4, -0.2) is 18.1 Å². The van der Waals surface area contributed by atoms with Crippen LogP contribution in [0.5, 0.6) is 0 Å². The lowest BCUT2D eigenvalue weighted by Gasteiger charge is -2.23. The van der Waals surface area contributed by atoms with E-state index >= 15 is 0 Å². The molecule has 2 rings (SSSR count). The summed E-state index contributed by atoms with van der Waals surface area (Å²) in [5.74, 6) is 0.0790. The molecule has 1 aromatic carbocycles. The summed E-state index contributed by atoms with van der Waals surface area (Å²) in [5, 5.41) is 0. The van der Waals surface area contributed by atoms with E-state index in [1.807, 2.05) is 6.07 Å². The molecule has 1 aliphatic rings. The van der Waals surface area contributed by atoms with E-state index in [-0.39, 0.29) is 11.3 Å². The van der Waals surface area contributed by atoms with Crippen LogP contribution in [0.3, 0.4) is 0 Å². The first-order valence-corrected chi connectivity index (χ1v) is 7.21. The molecular formula is C17H24FNO. The highest BCUT2D eigenvalue weighted by molar-refractivity contribution is 6.01. The second-order valence-electron chi connectivity index (χ2n) is 7.28. The number of hydrogen-bond donors (Lipinski definition) is 0. The molecule has 0 atom stereocenters. The second kappa shape index (κ2) is 4.87. The molecule has 20 heavy (non-hydrogen) atoms. The van der Waals surface area contributed by atoms with E-state index < -0.39 is 5.67 Å². The molecule has 1 amide bonds. The minimum atomic E-state index is -1.24. The molecule has 1 aromatic rings. The maximum Gasteiger partial charge on any atom is 0.231 e. The minimum absolute atomic E-state index is 0.0758. The summed E-state index contributed by atoms with van der Waals surface area (Å²) in [4.78, 5) is 13.8. The third-order valence-electron chi connectivity index (χ3n) is 3.81. The molecule has 1 heterocycles. The number of carbonyl (C=O) groups excluding carboxylic acids is 1. The van der Waals surface area contributed by atoms with Crippen molar-refractivity contribution in [1.29, 1.82) is 0 Å². The molecule has 3 heteroatoms. The van der Waals surface area contributed by atoms with Gasteiger partial charge in [-0.05, 0) is 42.9 Å². The Kier molecular flexibility index (Phi) is 3.66. The first-order valence-electron chi connectivity index (χ1n) is 7.21. The van der Waals surface area contributed by atoms with Crippen molar-refractivity contribution < 1.29 is 9.18 Å². The molecule has 0 fully saturated rings. The Balaban J connectivity index is 2.24. The third-order valence-corrected chi connectivity index (χ3v) is 3.81. The van der Waals surface area contributed by atoms with Crippen LogP contribution in [0.25, 0.3) is 0 Å². The van der Waals surface area contributed by atoms with Crippen molar-refractivity contribution in [3.8, 4) is 0 Å². The van der Waals surface area contributed by atoms with Crippen molar-refractivity contribution in [1.82, 2.24) is 0 Å². The van der Waals surface area contributed by atoms with Gasteiger partial charge in [-0.15, -0.1) is 0 Å². The van der Waals surface area contributed by atoms with E-state index in [1.165, 1.54) is 5.56 Å². The number of benzene rings is 1. The normalized spacial score (nSPS) is 15.7. The monoisotopic (exact) mass is 277 g/mol. The van der Waals surface area contributed by atoms with E-state index in [9.17, 15) is 9.18 Å². The van der Waals surface area contributed by atoms with Gasteiger partial charge in [-0.25, -0.2) is 4.39 Å². The van der Waals surface area contributed by atoms with Crippen LogP contribution in [0.4, 0.5) is 10.1 Å². The van der Waals surface area contributed by atoms with Gasteiger partial charge in [-0.2, -0.15) is 0 Å². The number of alkyl halides is 1. The van der Waals surface area contributed by atoms with E-state index in [2.05, 4.69) is 32.9 Å². The van der Waals surface area contributed by atoms with E-state index in [0.29, 0.717) is 19.4 Å². The van der Waals surface area contributed by atoms with Gasteiger partial charge in [-0.1, -0.05) is 32.9 Å². The van der Waals surface area contributed by atoms with Crippen molar-refractivity contribution in [3.05, 3.63) is 29.3 Å². The first-order chi connectivity index (χ1) is 9.08. The highest BCUT2D eigenvalue weighted by atomic mass is 19.1. The number of rotatable bonds is 3. The lowest BCUT2D eigenvalue weighted by molar-refractivity contribution is -0.117. The average Bonchev–Trinajstić information content (AvgIpc) is 2.58. The molecule has 0 N–H and O–H groups in total. The van der Waals surface area contributed by atoms with Crippen LogP contribution >= 0.6 is 0 Å². The molecule has 0 aromatic heterocycles. The van der Waals surface area contributed by atoms with Crippen LogP contribution in [0.1, 0.15) is 52.2 Å². The number of halogens is 1. The molecule has 0 saturated heterocycles. The molecule has 0 aliphatic carbocycles. The Hall–Kier alpha value is -1.38. The number of amides is 1. The Labute approximate surface area is 121 Å². The Morgan fingerprint density at radius 3 is 2.40 bits per heavy atom. The molecule has 0 bridgehead atoms. The third kappa shape index (κ3) is 3.20. The van der Waals surface area contributed by atoms with Crippen molar-refractivity contribution in [2.75, 3.05) is 11.4 Å². The van der Waals surface area contributed by atoms with Gasteiger partial charge in [0.05, 0.1) is 6.42 Å². The maximum absolute atomic E-state index is 13.6. The van der Waals surface area contributed by atoms with Crippen LogP contribution in [0.2, 0.25) is 0 Å². The zero-order valence-electron chi connectivity index (χ0n) is 13.1. The van der Waals surface area contributed by atoms with Gasteiger partial charge in [-0.3, -0.25) is 4.79 Å². The summed E-state index contributed by atoms with van der Waals surface area (Å²) in [6, 6.07) is 6.20. The van der Waals surface area contributed by atoms with Crippen molar-refractivity contribution in [3.63, 3.8) is 0 Å². The number of nitrogens with zero attached hydrogens (tertiary/aromatic N) is 1. The number of hydrogen-bond acceptors (Lipinski definition) is 1. The van der Waals surface area contributed by atoms with Gasteiger partial charge in [0.25, 0.3) is 0 Å². The second-order valence-corrected chi connectivity index (χ2v) is 7.28. The SMILES string of the molecule is CC(C)(F)CCN1C(=O)Cc2cc(C(C)(C)C)ccc21. The Bertz CT molecular complexity index is 523. The molecule has 0 spiro atoms. The highest BCUT2D eigenvalue weighted by Gasteiger charge is 2.30. The summed E-state index contributed by atoms with van der Waals surface area (Å²) in [7, 11) is 0. The van der Waals surface area contributed by atoms with Crippen LogP contribution < -0.4 is 4.90 Å². The zero-order valence-corrected chi connectivity index (χ0v) is 13.1. The molecule has 1 aliphatic heterocycles. The predicted octanol–water partition coefficient (Wildman–Crippen LogP) is 4.01. The molecule has 0 radical (unpaired) electrons. The molecule has 0 saturated carbocycles. The van der Waals surface area contributed by atoms with Crippen LogP contribution in [-0.2, 0) is 16.6 Å². The maximum atomic E-state index is 13.6. The number of carbonyl (C=O) groups is 1. The smallest absolute Gasteiger partial charge is 0.231 e. The van der Waals surface area contributed by atoms with Crippen molar-refractivity contribution in [2.45, 2.75) is 58.5 Å². The largest absolute Gasteiger partial charge is 0.312 e. The van der Waals surface area contributed by atoms with Gasteiger partial charge in [0, 0.05) is 12.2 Å². The minimum Gasteiger partial charge on any atom is -0.312 e. The zero-order chi connectivity index (χ0) is 15.1. The van der Waals surface area contributed by atoms with Gasteiger partial charge >= 0.3 is 0 Å². The van der Waals surface area contributed by atoms with Crippen molar-refractivity contribution >= 4 is 11.6 Å². The molecular weight excluding hydrogens is 253 g/mol. The highest BCUT2D eigenvalue weighted by Crippen LogP contribution is 2.34. The summed E-state index contributed by atoms with van der Waals surface area (Å²) >= 11 is 0. The number of anilines is 1. The fourth-order valence-corrected chi connectivity index (χ4v) is 2.47. The summed E-state index contributed by atoms with van der Waals surface area (Å²) in [5.41, 5.74) is 2.09. The lowest BCUT2D eigenvalue weighted by Crippen LogP contribution is -2.31. The molecule has 110 valence electrons. The predicted molar refractivity (Wildman–Crippen MR) is 81.0 cm³/mol. The van der Waals surface area contributed by atoms with E-state index in [0.717, 1.165) is 11.3 Å². The number of fused-ring (bicyclic) bond motifs is 1. The van der Waals surface area contributed by atoms with Gasteiger partial charge < -0.3 is 4.90 Å². The molecule has 2 nitrogen and oxygen atoms in total. The van der Waals surface area contributed by atoms with Crippen LogP contribution in [0.15, 0.2) is 18.2 Å². The fraction of sp³-hybridized carbons (Fsp3) is 0.588. The summed E-state index contributed by atoms with van der Waals surface area (Å²) in [6.07, 6.45) is 0.797. The first kappa shape index (κ1) is 15.0. The molecule has 0 unspecified atom stereocenters. The lowest BCUT2D eigenvalue weighted by atomic mass is 9.86. The van der Waals surface area contributed by atoms with Gasteiger partial charge in [0.2, 0.25) is 5.91 Å². The Morgan fingerprint density at radius 1 is 1.20 bits per heavy atom. The Morgan fingerprint density at radius 2 is 1.85 bits per heavy atom. The van der Waals surface area contributed by atoms with Crippen molar-refractivity contribution in [2.24, 2.45) is 0 Å². The van der Waals surface area contributed by atoms with Gasteiger partial charge in [0.1, 0.15) is 5.67 Å².